The van der Waals surface area contributed by atoms with Gasteiger partial charge in [-0.25, -0.2) is 18.6 Å². The van der Waals surface area contributed by atoms with E-state index in [-0.39, 0.29) is 34.5 Å². The smallest absolute Gasteiger partial charge is 0.408 e. The number of hydrogen-bond donors (Lipinski definition) is 3. The second-order valence-corrected chi connectivity index (χ2v) is 11.4. The highest BCUT2D eigenvalue weighted by Crippen LogP contribution is 2.35. The van der Waals surface area contributed by atoms with Crippen LogP contribution in [0.2, 0.25) is 5.15 Å². The number of nitrogens with one attached hydrogen (secondary N) is 1. The molecule has 214 valence electrons. The van der Waals surface area contributed by atoms with Crippen LogP contribution in [0.25, 0.3) is 16.8 Å². The fraction of sp³-hybridized carbons (Fsp3) is 0.310. The first kappa shape index (κ1) is 29.7. The van der Waals surface area contributed by atoms with Crippen LogP contribution in [0.1, 0.15) is 57.7 Å². The molecular weight excluding hydrogens is 554 g/mol. The summed E-state index contributed by atoms with van der Waals surface area (Å²) in [6.07, 6.45) is -2.05. The van der Waals surface area contributed by atoms with E-state index < -0.39 is 35.0 Å². The minimum atomic E-state index is -1.30. The van der Waals surface area contributed by atoms with E-state index in [0.29, 0.717) is 16.8 Å². The Bertz CT molecular complexity index is 1660. The first-order valence-corrected chi connectivity index (χ1v) is 13.0. The number of aromatic nitrogens is 4. The summed E-state index contributed by atoms with van der Waals surface area (Å²) in [5.41, 5.74) is 6.01. The number of nitrogens with zero attached hydrogens (tertiary/aromatic N) is 4. The van der Waals surface area contributed by atoms with Crippen LogP contribution < -0.4 is 11.1 Å². The number of amides is 1. The zero-order chi connectivity index (χ0) is 30.1. The monoisotopic (exact) mass is 582 g/mol. The molecule has 3 aromatic heterocycles. The van der Waals surface area contributed by atoms with E-state index >= 15 is 0 Å². The lowest BCUT2D eigenvalue weighted by Gasteiger charge is -2.25. The maximum atomic E-state index is 14.1. The molecule has 1 atom stereocenters. The number of pyridine rings is 2. The van der Waals surface area contributed by atoms with Gasteiger partial charge in [-0.15, -0.1) is 10.2 Å². The Labute approximate surface area is 240 Å². The molecule has 0 spiro atoms. The fourth-order valence-electron chi connectivity index (χ4n) is 4.03. The average Bonchev–Trinajstić information content (AvgIpc) is 3.23. The summed E-state index contributed by atoms with van der Waals surface area (Å²) in [4.78, 5) is 17.7. The number of carbonyl (C=O) groups excluding carboxylic acids is 1. The zero-order valence-electron chi connectivity index (χ0n) is 23.1. The Balaban J connectivity index is 1.94. The zero-order valence-corrected chi connectivity index (χ0v) is 23.8. The van der Waals surface area contributed by atoms with Crippen molar-refractivity contribution < 1.29 is 23.4 Å². The van der Waals surface area contributed by atoms with E-state index in [1.54, 1.807) is 45.0 Å². The summed E-state index contributed by atoms with van der Waals surface area (Å²) in [7, 11) is 0. The predicted octanol–water partition coefficient (Wildman–Crippen LogP) is 5.24. The van der Waals surface area contributed by atoms with Gasteiger partial charge in [0.15, 0.2) is 11.8 Å². The fourth-order valence-corrected chi connectivity index (χ4v) is 4.26. The third-order valence-electron chi connectivity index (χ3n) is 5.62. The number of halogens is 3. The molecule has 1 aromatic carbocycles. The summed E-state index contributed by atoms with van der Waals surface area (Å²) in [6.45, 7) is 8.39. The van der Waals surface area contributed by atoms with Gasteiger partial charge in [-0.2, -0.15) is 0 Å². The molecule has 0 fully saturated rings. The summed E-state index contributed by atoms with van der Waals surface area (Å²) in [6, 6.07) is 9.65. The molecule has 4 rings (SSSR count). The number of fused-ring (bicyclic) bond motifs is 1. The van der Waals surface area contributed by atoms with Crippen LogP contribution in [-0.2, 0) is 11.2 Å². The van der Waals surface area contributed by atoms with Gasteiger partial charge in [0.1, 0.15) is 28.1 Å². The predicted molar refractivity (Wildman–Crippen MR) is 151 cm³/mol. The summed E-state index contributed by atoms with van der Waals surface area (Å²) < 4.78 is 35.6. The number of carbonyl (C=O) groups is 1. The second-order valence-electron chi connectivity index (χ2n) is 11.0. The lowest BCUT2D eigenvalue weighted by Crippen LogP contribution is -2.41. The number of nitrogens with two attached hydrogens (primary N) is 1. The van der Waals surface area contributed by atoms with Gasteiger partial charge in [0, 0.05) is 29.2 Å². The molecule has 3 heterocycles. The normalized spacial score (nSPS) is 12.5. The molecule has 0 saturated carbocycles. The van der Waals surface area contributed by atoms with Gasteiger partial charge in [0.05, 0.1) is 5.69 Å². The Kier molecular flexibility index (Phi) is 8.19. The van der Waals surface area contributed by atoms with Crippen molar-refractivity contribution >= 4 is 29.3 Å². The largest absolute Gasteiger partial charge is 0.439 e. The van der Waals surface area contributed by atoms with Crippen molar-refractivity contribution in [3.8, 4) is 23.0 Å². The van der Waals surface area contributed by atoms with Crippen molar-refractivity contribution in [1.82, 2.24) is 24.9 Å². The van der Waals surface area contributed by atoms with Crippen molar-refractivity contribution in [2.24, 2.45) is 0 Å². The number of alkyl carbamates (subject to hydrolysis) is 1. The van der Waals surface area contributed by atoms with Crippen LogP contribution >= 0.6 is 11.6 Å². The number of rotatable bonds is 5. The number of nitrogen functional groups attached to an aromatic ring is 1. The highest BCUT2D eigenvalue weighted by molar-refractivity contribution is 6.30. The van der Waals surface area contributed by atoms with Crippen LogP contribution in [0.4, 0.5) is 19.5 Å². The Morgan fingerprint density at radius 3 is 2.39 bits per heavy atom. The third kappa shape index (κ3) is 7.48. The van der Waals surface area contributed by atoms with Crippen LogP contribution in [0, 0.1) is 23.5 Å². The van der Waals surface area contributed by atoms with Crippen molar-refractivity contribution in [2.45, 2.75) is 58.3 Å². The maximum Gasteiger partial charge on any atom is 0.408 e. The average molecular weight is 583 g/mol. The van der Waals surface area contributed by atoms with E-state index in [0.717, 1.165) is 18.2 Å². The Morgan fingerprint density at radius 1 is 1.10 bits per heavy atom. The van der Waals surface area contributed by atoms with Gasteiger partial charge >= 0.3 is 6.09 Å². The lowest BCUT2D eigenvalue weighted by atomic mass is 9.97. The van der Waals surface area contributed by atoms with E-state index in [1.165, 1.54) is 18.2 Å². The number of benzene rings is 1. The topological polar surface area (TPSA) is 128 Å². The Morgan fingerprint density at radius 2 is 1.76 bits per heavy atom. The second kappa shape index (κ2) is 11.3. The molecular formula is C29H29ClF2N6O3. The molecule has 41 heavy (non-hydrogen) atoms. The molecule has 9 nitrogen and oxygen atoms in total. The van der Waals surface area contributed by atoms with E-state index in [4.69, 9.17) is 22.1 Å². The summed E-state index contributed by atoms with van der Waals surface area (Å²) >= 11 is 6.34. The standard InChI is InChI=1S/C29H29ClF2N6O3/c1-28(2,3)35-27(39)41-22(14-16-12-17(31)15-18(32)13-16)24-20(7-6-19(34-24)10-11-29(4,5)40)21-8-9-23(30)38-25(21)36-37-26(38)33/h6-9,12-13,15,22,40H,14H2,1-5H3,(H2,33,37)(H,35,39)/t22-/m0/s1. The Hall–Kier alpha value is -4.27. The SMILES string of the molecule is CC(C)(O)C#Cc1ccc(-c2ccc(Cl)n3c(N)nnc23)c([C@H](Cc2cc(F)cc(F)c2)OC(=O)NC(C)(C)C)n1. The number of hydrogen-bond acceptors (Lipinski definition) is 7. The van der Waals surface area contributed by atoms with Gasteiger partial charge < -0.3 is 20.9 Å². The van der Waals surface area contributed by atoms with Crippen LogP contribution in [0.3, 0.4) is 0 Å². The maximum absolute atomic E-state index is 14.1. The van der Waals surface area contributed by atoms with Gasteiger partial charge in [0.2, 0.25) is 5.95 Å². The van der Waals surface area contributed by atoms with Crippen molar-refractivity contribution in [3.63, 3.8) is 0 Å². The first-order valence-electron chi connectivity index (χ1n) is 12.6. The number of anilines is 1. The molecule has 4 aromatic rings. The van der Waals surface area contributed by atoms with Crippen molar-refractivity contribution in [1.29, 1.82) is 0 Å². The molecule has 0 aliphatic carbocycles. The minimum Gasteiger partial charge on any atom is -0.439 e. The summed E-state index contributed by atoms with van der Waals surface area (Å²) in [5.74, 6) is 4.02. The highest BCUT2D eigenvalue weighted by atomic mass is 35.5. The molecule has 0 unspecified atom stereocenters. The van der Waals surface area contributed by atoms with Gasteiger partial charge in [-0.05, 0) is 82.5 Å². The van der Waals surface area contributed by atoms with Crippen LogP contribution in [-0.4, -0.2) is 41.9 Å². The molecule has 0 saturated heterocycles. The molecule has 0 aliphatic heterocycles. The molecule has 12 heteroatoms. The van der Waals surface area contributed by atoms with Crippen molar-refractivity contribution in [3.05, 3.63) is 76.2 Å². The molecule has 0 radical (unpaired) electrons. The molecule has 0 bridgehead atoms. The van der Waals surface area contributed by atoms with Crippen LogP contribution in [0.15, 0.2) is 42.5 Å². The quantitative estimate of drug-likeness (QED) is 0.217. The van der Waals surface area contributed by atoms with Crippen LogP contribution in [0.5, 0.6) is 0 Å². The number of ether oxygens (including phenoxy) is 1. The molecule has 1 amide bonds. The van der Waals surface area contributed by atoms with E-state index in [1.807, 2.05) is 0 Å². The van der Waals surface area contributed by atoms with Gasteiger partial charge in [0.25, 0.3) is 0 Å². The lowest BCUT2D eigenvalue weighted by molar-refractivity contribution is 0.0891. The number of aliphatic hydroxyl groups is 1. The van der Waals surface area contributed by atoms with Crippen molar-refractivity contribution in [2.75, 3.05) is 5.73 Å². The molecule has 4 N–H and O–H groups in total. The molecule has 0 aliphatic rings. The van der Waals surface area contributed by atoms with Gasteiger partial charge in [-0.1, -0.05) is 17.5 Å². The van der Waals surface area contributed by atoms with Gasteiger partial charge in [-0.3, -0.25) is 4.40 Å². The van der Waals surface area contributed by atoms with E-state index in [9.17, 15) is 18.7 Å². The highest BCUT2D eigenvalue weighted by Gasteiger charge is 2.27. The minimum absolute atomic E-state index is 0.0571. The van der Waals surface area contributed by atoms with E-state index in [2.05, 4.69) is 32.3 Å². The third-order valence-corrected chi connectivity index (χ3v) is 5.91. The first-order chi connectivity index (χ1) is 19.1. The summed E-state index contributed by atoms with van der Waals surface area (Å²) in [5, 5.41) is 21.2.